The van der Waals surface area contributed by atoms with Gasteiger partial charge in [-0.05, 0) is 50.2 Å². The molecule has 1 unspecified atom stereocenters. The van der Waals surface area contributed by atoms with E-state index in [2.05, 4.69) is 10.3 Å². The largest absolute Gasteiger partial charge is 0.494 e. The highest BCUT2D eigenvalue weighted by Gasteiger charge is 2.28. The van der Waals surface area contributed by atoms with Gasteiger partial charge in [-0.1, -0.05) is 26.0 Å². The summed E-state index contributed by atoms with van der Waals surface area (Å²) in [6, 6.07) is 12.7. The molecule has 9 nitrogen and oxygen atoms in total. The standard InChI is InChI=1S/C28H30FN3O6.C2H6.H2S/c1-16-24(18-6-5-7-19(29)25(18)31-16)26-21(36-3)10-11-23(32-26)28(2,35)15-30-27(34)17-8-9-20(38-13-12-33)22(14-17)37-4;1-2;/h5-11,14,31,33,35H,12-13,15H2,1-4H3,(H,30,34);1-2H3;1H2. The van der Waals surface area contributed by atoms with Gasteiger partial charge in [0.1, 0.15) is 29.5 Å². The summed E-state index contributed by atoms with van der Waals surface area (Å²) in [6.45, 7) is 7.15. The Balaban J connectivity index is 0.00000192. The number of aromatic amines is 1. The Morgan fingerprint density at radius 1 is 1.07 bits per heavy atom. The number of hydrogen-bond acceptors (Lipinski definition) is 7. The van der Waals surface area contributed by atoms with Crippen LogP contribution in [0.15, 0.2) is 48.5 Å². The lowest BCUT2D eigenvalue weighted by molar-refractivity contribution is 0.0489. The molecule has 0 aliphatic rings. The van der Waals surface area contributed by atoms with Gasteiger partial charge in [-0.3, -0.25) is 4.79 Å². The number of ether oxygens (including phenoxy) is 3. The van der Waals surface area contributed by atoms with Crippen molar-refractivity contribution in [2.75, 3.05) is 34.0 Å². The lowest BCUT2D eigenvalue weighted by Crippen LogP contribution is -2.39. The minimum absolute atomic E-state index is 0. The number of aromatic nitrogens is 2. The molecule has 0 aliphatic carbocycles. The van der Waals surface area contributed by atoms with E-state index >= 15 is 0 Å². The number of amides is 1. The molecule has 2 aromatic carbocycles. The first kappa shape index (κ1) is 33.4. The maximum absolute atomic E-state index is 14.4. The molecule has 0 saturated carbocycles. The number of halogens is 1. The molecule has 41 heavy (non-hydrogen) atoms. The maximum Gasteiger partial charge on any atom is 0.251 e. The molecule has 4 N–H and O–H groups in total. The number of hydrogen-bond donors (Lipinski definition) is 4. The summed E-state index contributed by atoms with van der Waals surface area (Å²) < 4.78 is 30.6. The molecule has 0 bridgehead atoms. The summed E-state index contributed by atoms with van der Waals surface area (Å²) in [7, 11) is 2.96. The number of aliphatic hydroxyl groups is 2. The van der Waals surface area contributed by atoms with E-state index in [0.29, 0.717) is 56.4 Å². The van der Waals surface area contributed by atoms with Crippen molar-refractivity contribution in [2.24, 2.45) is 0 Å². The predicted octanol–water partition coefficient (Wildman–Crippen LogP) is 4.84. The normalized spacial score (nSPS) is 11.9. The van der Waals surface area contributed by atoms with Crippen LogP contribution in [0.2, 0.25) is 0 Å². The zero-order valence-electron chi connectivity index (χ0n) is 24.1. The number of para-hydroxylation sites is 1. The van der Waals surface area contributed by atoms with Crippen LogP contribution in [-0.4, -0.2) is 60.1 Å². The lowest BCUT2D eigenvalue weighted by atomic mass is 9.99. The first-order valence-electron chi connectivity index (χ1n) is 12.9. The topological polar surface area (TPSA) is 126 Å². The molecule has 222 valence electrons. The average molecular weight is 588 g/mol. The van der Waals surface area contributed by atoms with Crippen LogP contribution >= 0.6 is 13.5 Å². The fourth-order valence-electron chi connectivity index (χ4n) is 4.24. The number of aliphatic hydroxyl groups excluding tert-OH is 1. The lowest BCUT2D eigenvalue weighted by Gasteiger charge is -2.24. The van der Waals surface area contributed by atoms with Crippen molar-refractivity contribution < 1.29 is 33.6 Å². The molecule has 4 rings (SSSR count). The third-order valence-corrected chi connectivity index (χ3v) is 6.21. The minimum Gasteiger partial charge on any atom is -0.494 e. The number of nitrogens with one attached hydrogen (secondary N) is 2. The first-order chi connectivity index (χ1) is 19.2. The van der Waals surface area contributed by atoms with E-state index in [1.807, 2.05) is 20.8 Å². The van der Waals surface area contributed by atoms with Gasteiger partial charge >= 0.3 is 0 Å². The van der Waals surface area contributed by atoms with Crippen LogP contribution in [0.3, 0.4) is 0 Å². The smallest absolute Gasteiger partial charge is 0.251 e. The second-order valence-electron chi connectivity index (χ2n) is 8.93. The van der Waals surface area contributed by atoms with Crippen molar-refractivity contribution in [3.8, 4) is 28.5 Å². The molecule has 2 heterocycles. The highest BCUT2D eigenvalue weighted by molar-refractivity contribution is 7.59. The Hall–Kier alpha value is -3.80. The molecule has 0 radical (unpaired) electrons. The Labute approximate surface area is 246 Å². The van der Waals surface area contributed by atoms with E-state index in [4.69, 9.17) is 24.3 Å². The molecule has 0 fully saturated rings. The zero-order chi connectivity index (χ0) is 29.4. The maximum atomic E-state index is 14.4. The van der Waals surface area contributed by atoms with Gasteiger partial charge < -0.3 is 34.7 Å². The number of rotatable bonds is 10. The number of aryl methyl sites for hydroxylation is 1. The summed E-state index contributed by atoms with van der Waals surface area (Å²) in [5.74, 6) is 0.370. The highest BCUT2D eigenvalue weighted by Crippen LogP contribution is 2.38. The van der Waals surface area contributed by atoms with Gasteiger partial charge in [0, 0.05) is 22.2 Å². The fourth-order valence-corrected chi connectivity index (χ4v) is 4.24. The van der Waals surface area contributed by atoms with Crippen molar-refractivity contribution in [1.29, 1.82) is 0 Å². The van der Waals surface area contributed by atoms with Gasteiger partial charge in [-0.2, -0.15) is 13.5 Å². The molecule has 0 saturated heterocycles. The Bertz CT molecular complexity index is 1470. The van der Waals surface area contributed by atoms with Crippen molar-refractivity contribution in [3.05, 3.63) is 71.3 Å². The Kier molecular flexibility index (Phi) is 12.0. The van der Waals surface area contributed by atoms with Crippen LogP contribution < -0.4 is 19.5 Å². The van der Waals surface area contributed by atoms with Crippen LogP contribution in [0, 0.1) is 12.7 Å². The second kappa shape index (κ2) is 14.7. The van der Waals surface area contributed by atoms with Gasteiger partial charge in [-0.15, -0.1) is 0 Å². The number of methoxy groups -OCH3 is 2. The Morgan fingerprint density at radius 3 is 2.41 bits per heavy atom. The molecule has 0 aliphatic heterocycles. The summed E-state index contributed by atoms with van der Waals surface area (Å²) in [4.78, 5) is 20.6. The number of pyridine rings is 1. The van der Waals surface area contributed by atoms with Crippen LogP contribution in [0.25, 0.3) is 22.2 Å². The van der Waals surface area contributed by atoms with E-state index in [9.17, 15) is 14.3 Å². The average Bonchev–Trinajstić information content (AvgIpc) is 3.32. The van der Waals surface area contributed by atoms with Gasteiger partial charge in [-0.25, -0.2) is 9.37 Å². The number of benzene rings is 2. The number of H-pyrrole nitrogens is 1. The zero-order valence-corrected chi connectivity index (χ0v) is 25.1. The van der Waals surface area contributed by atoms with Gasteiger partial charge in [0.05, 0.1) is 38.6 Å². The van der Waals surface area contributed by atoms with Crippen molar-refractivity contribution in [1.82, 2.24) is 15.3 Å². The summed E-state index contributed by atoms with van der Waals surface area (Å²) in [6.07, 6.45) is 0. The minimum atomic E-state index is -1.55. The van der Waals surface area contributed by atoms with Crippen molar-refractivity contribution in [2.45, 2.75) is 33.3 Å². The Morgan fingerprint density at radius 2 is 1.76 bits per heavy atom. The molecule has 2 aromatic heterocycles. The molecular weight excluding hydrogens is 549 g/mol. The van der Waals surface area contributed by atoms with E-state index < -0.39 is 11.5 Å². The molecule has 0 spiro atoms. The number of fused-ring (bicyclic) bond motifs is 1. The van der Waals surface area contributed by atoms with Crippen molar-refractivity contribution >= 4 is 30.3 Å². The first-order valence-corrected chi connectivity index (χ1v) is 12.9. The molecular formula is C30H38FN3O6S. The number of carbonyl (C=O) groups is 1. The van der Waals surface area contributed by atoms with Crippen LogP contribution in [0.5, 0.6) is 17.2 Å². The monoisotopic (exact) mass is 587 g/mol. The molecule has 1 amide bonds. The van der Waals surface area contributed by atoms with Crippen molar-refractivity contribution in [3.63, 3.8) is 0 Å². The van der Waals surface area contributed by atoms with Crippen LogP contribution in [0.4, 0.5) is 4.39 Å². The summed E-state index contributed by atoms with van der Waals surface area (Å²) in [5, 5.41) is 23.6. The van der Waals surface area contributed by atoms with E-state index in [0.717, 1.165) is 0 Å². The third-order valence-electron chi connectivity index (χ3n) is 6.21. The summed E-state index contributed by atoms with van der Waals surface area (Å²) >= 11 is 0. The summed E-state index contributed by atoms with van der Waals surface area (Å²) in [5.41, 5.74) is 1.20. The SMILES string of the molecule is CC.COc1cc(C(=O)NCC(C)(O)c2ccc(OC)c(-c3c(C)[nH]c4c(F)cccc34)n2)ccc1OCCO.S. The molecule has 1 atom stereocenters. The van der Waals surface area contributed by atoms with E-state index in [1.165, 1.54) is 26.4 Å². The number of nitrogens with zero attached hydrogens (tertiary/aromatic N) is 1. The highest BCUT2D eigenvalue weighted by atomic mass is 32.1. The second-order valence-corrected chi connectivity index (χ2v) is 8.93. The van der Waals surface area contributed by atoms with Crippen LogP contribution in [0.1, 0.15) is 42.5 Å². The predicted molar refractivity (Wildman–Crippen MR) is 162 cm³/mol. The van der Waals surface area contributed by atoms with Crippen LogP contribution in [-0.2, 0) is 5.60 Å². The fraction of sp³-hybridized carbons (Fsp3) is 0.333. The van der Waals surface area contributed by atoms with Gasteiger partial charge in [0.15, 0.2) is 11.5 Å². The van der Waals surface area contributed by atoms with Gasteiger partial charge in [0.2, 0.25) is 0 Å². The third kappa shape index (κ3) is 7.29. The van der Waals surface area contributed by atoms with E-state index in [-0.39, 0.29) is 39.1 Å². The van der Waals surface area contributed by atoms with Gasteiger partial charge in [0.25, 0.3) is 5.91 Å². The van der Waals surface area contributed by atoms with E-state index in [1.54, 1.807) is 43.3 Å². The molecule has 11 heteroatoms. The quantitative estimate of drug-likeness (QED) is 0.209. The molecule has 4 aromatic rings. The number of carbonyl (C=O) groups excluding carboxylic acids is 1.